The molecule has 2 aromatic rings. The van der Waals surface area contributed by atoms with E-state index in [1.54, 1.807) is 13.1 Å². The summed E-state index contributed by atoms with van der Waals surface area (Å²) in [4.78, 5) is 32.1. The smallest absolute Gasteiger partial charge is 0.270 e. The summed E-state index contributed by atoms with van der Waals surface area (Å²) >= 11 is 5.87. The molecule has 3 heterocycles. The standard InChI is InChI=1S/C19H24ClN5O4/c1-14-16(13-22-23-19(14)27)29-11-10-28-9-4-18(26)25-7-5-24(6-8-25)17-3-2-15(20)12-21-17/h2-3,12-13H,4-11H2,1H3,(H,23,27). The Bertz CT molecular complexity index is 866. The molecule has 1 fully saturated rings. The van der Waals surface area contributed by atoms with Gasteiger partial charge in [0.15, 0.2) is 0 Å². The minimum absolute atomic E-state index is 0.0734. The Morgan fingerprint density at radius 1 is 1.17 bits per heavy atom. The SMILES string of the molecule is Cc1c(OCCOCCC(=O)N2CCN(c3ccc(Cl)cn3)CC2)cn[nH]c1=O. The number of nitrogens with zero attached hydrogens (tertiary/aromatic N) is 4. The van der Waals surface area contributed by atoms with Gasteiger partial charge in [-0.3, -0.25) is 9.59 Å². The molecular weight excluding hydrogens is 398 g/mol. The molecule has 156 valence electrons. The molecule has 0 atom stereocenters. The first-order valence-corrected chi connectivity index (χ1v) is 9.81. The third kappa shape index (κ3) is 5.91. The summed E-state index contributed by atoms with van der Waals surface area (Å²) in [5.74, 6) is 1.38. The first-order chi connectivity index (χ1) is 14.0. The van der Waals surface area contributed by atoms with Crippen molar-refractivity contribution in [2.45, 2.75) is 13.3 Å². The molecule has 1 aliphatic rings. The van der Waals surface area contributed by atoms with Gasteiger partial charge in [-0.1, -0.05) is 11.6 Å². The number of aromatic amines is 1. The molecule has 9 nitrogen and oxygen atoms in total. The Hall–Kier alpha value is -2.65. The number of halogens is 1. The van der Waals surface area contributed by atoms with Crippen molar-refractivity contribution in [2.24, 2.45) is 0 Å². The van der Waals surface area contributed by atoms with Crippen molar-refractivity contribution in [2.75, 3.05) is 50.9 Å². The van der Waals surface area contributed by atoms with Crippen LogP contribution in [0.2, 0.25) is 5.02 Å². The first-order valence-electron chi connectivity index (χ1n) is 9.43. The van der Waals surface area contributed by atoms with E-state index in [9.17, 15) is 9.59 Å². The van der Waals surface area contributed by atoms with Gasteiger partial charge in [-0.2, -0.15) is 5.10 Å². The van der Waals surface area contributed by atoms with Gasteiger partial charge >= 0.3 is 0 Å². The lowest BCUT2D eigenvalue weighted by Crippen LogP contribution is -2.49. The van der Waals surface area contributed by atoms with Crippen LogP contribution in [0.15, 0.2) is 29.3 Å². The van der Waals surface area contributed by atoms with Crippen LogP contribution in [0, 0.1) is 6.92 Å². The number of ether oxygens (including phenoxy) is 2. The molecule has 1 aliphatic heterocycles. The van der Waals surface area contributed by atoms with Crippen molar-refractivity contribution in [3.05, 3.63) is 45.5 Å². The Morgan fingerprint density at radius 2 is 1.97 bits per heavy atom. The third-order valence-corrected chi connectivity index (χ3v) is 4.90. The summed E-state index contributed by atoms with van der Waals surface area (Å²) in [6.07, 6.45) is 3.41. The highest BCUT2D eigenvalue weighted by Gasteiger charge is 2.21. The average molecular weight is 422 g/mol. The van der Waals surface area contributed by atoms with Crippen molar-refractivity contribution in [1.29, 1.82) is 0 Å². The first kappa shape index (κ1) is 21.1. The number of rotatable bonds is 8. The van der Waals surface area contributed by atoms with Gasteiger partial charge in [0.05, 0.1) is 36.4 Å². The van der Waals surface area contributed by atoms with Crippen LogP contribution in [0.5, 0.6) is 5.75 Å². The topological polar surface area (TPSA) is 101 Å². The van der Waals surface area contributed by atoms with Gasteiger partial charge in [-0.05, 0) is 19.1 Å². The molecule has 0 aromatic carbocycles. The number of carbonyl (C=O) groups is 1. The maximum absolute atomic E-state index is 12.3. The molecule has 0 radical (unpaired) electrons. The number of hydrogen-bond acceptors (Lipinski definition) is 7. The Labute approximate surface area is 173 Å². The van der Waals surface area contributed by atoms with Crippen LogP contribution >= 0.6 is 11.6 Å². The number of H-pyrrole nitrogens is 1. The largest absolute Gasteiger partial charge is 0.489 e. The number of hydrogen-bond donors (Lipinski definition) is 1. The van der Waals surface area contributed by atoms with Gasteiger partial charge in [-0.15, -0.1) is 0 Å². The highest BCUT2D eigenvalue weighted by Crippen LogP contribution is 2.16. The maximum Gasteiger partial charge on any atom is 0.270 e. The molecule has 0 unspecified atom stereocenters. The number of anilines is 1. The quantitative estimate of drug-likeness (QED) is 0.640. The van der Waals surface area contributed by atoms with Crippen LogP contribution in [-0.4, -0.2) is 72.0 Å². The van der Waals surface area contributed by atoms with E-state index in [1.165, 1.54) is 6.20 Å². The zero-order valence-electron chi connectivity index (χ0n) is 16.3. The predicted molar refractivity (Wildman–Crippen MR) is 109 cm³/mol. The highest BCUT2D eigenvalue weighted by molar-refractivity contribution is 6.30. The molecule has 0 spiro atoms. The van der Waals surface area contributed by atoms with Crippen LogP contribution < -0.4 is 15.2 Å². The lowest BCUT2D eigenvalue weighted by molar-refractivity contribution is -0.132. The molecule has 2 aromatic heterocycles. The average Bonchev–Trinajstić information content (AvgIpc) is 2.74. The second-order valence-corrected chi connectivity index (χ2v) is 7.04. The molecule has 0 saturated carbocycles. The van der Waals surface area contributed by atoms with Crippen LogP contribution in [0.3, 0.4) is 0 Å². The number of carbonyl (C=O) groups excluding carboxylic acids is 1. The fourth-order valence-corrected chi connectivity index (χ4v) is 3.07. The van der Waals surface area contributed by atoms with Crippen molar-refractivity contribution in [3.8, 4) is 5.75 Å². The monoisotopic (exact) mass is 421 g/mol. The van der Waals surface area contributed by atoms with E-state index in [1.807, 2.05) is 17.0 Å². The van der Waals surface area contributed by atoms with E-state index >= 15 is 0 Å². The summed E-state index contributed by atoms with van der Waals surface area (Å²) < 4.78 is 11.0. The maximum atomic E-state index is 12.3. The van der Waals surface area contributed by atoms with Crippen LogP contribution in [0.25, 0.3) is 0 Å². The van der Waals surface area contributed by atoms with E-state index in [0.717, 1.165) is 18.9 Å². The molecule has 3 rings (SSSR count). The molecule has 10 heteroatoms. The van der Waals surface area contributed by atoms with Gasteiger partial charge in [0.1, 0.15) is 18.2 Å². The summed E-state index contributed by atoms with van der Waals surface area (Å²) in [7, 11) is 0. The number of amides is 1. The van der Waals surface area contributed by atoms with E-state index in [-0.39, 0.29) is 18.1 Å². The number of aromatic nitrogens is 3. The zero-order valence-corrected chi connectivity index (χ0v) is 17.0. The van der Waals surface area contributed by atoms with E-state index in [4.69, 9.17) is 21.1 Å². The van der Waals surface area contributed by atoms with Crippen LogP contribution in [0.1, 0.15) is 12.0 Å². The Balaban J connectivity index is 1.31. The van der Waals surface area contributed by atoms with Gasteiger partial charge in [0.25, 0.3) is 5.56 Å². The van der Waals surface area contributed by atoms with Crippen LogP contribution in [0.4, 0.5) is 5.82 Å². The fraction of sp³-hybridized carbons (Fsp3) is 0.474. The lowest BCUT2D eigenvalue weighted by Gasteiger charge is -2.35. The normalized spacial score (nSPS) is 14.1. The molecule has 1 saturated heterocycles. The number of pyridine rings is 1. The summed E-state index contributed by atoms with van der Waals surface area (Å²) in [5, 5.41) is 6.64. The zero-order chi connectivity index (χ0) is 20.6. The highest BCUT2D eigenvalue weighted by atomic mass is 35.5. The van der Waals surface area contributed by atoms with Gasteiger partial charge < -0.3 is 19.3 Å². The molecule has 1 amide bonds. The van der Waals surface area contributed by atoms with Crippen molar-refractivity contribution in [3.63, 3.8) is 0 Å². The number of nitrogens with one attached hydrogen (secondary N) is 1. The van der Waals surface area contributed by atoms with Crippen LogP contribution in [-0.2, 0) is 9.53 Å². The van der Waals surface area contributed by atoms with Gasteiger partial charge in [0.2, 0.25) is 5.91 Å². The Kier molecular flexibility index (Phi) is 7.42. The Morgan fingerprint density at radius 3 is 2.69 bits per heavy atom. The van der Waals surface area contributed by atoms with Crippen molar-refractivity contribution >= 4 is 23.3 Å². The van der Waals surface area contributed by atoms with Crippen molar-refractivity contribution < 1.29 is 14.3 Å². The second-order valence-electron chi connectivity index (χ2n) is 6.60. The molecule has 0 aliphatic carbocycles. The number of piperazine rings is 1. The predicted octanol–water partition coefficient (Wildman–Crippen LogP) is 1.26. The summed E-state index contributed by atoms with van der Waals surface area (Å²) in [6, 6.07) is 3.70. The third-order valence-electron chi connectivity index (χ3n) is 4.67. The van der Waals surface area contributed by atoms with Gasteiger partial charge in [-0.25, -0.2) is 10.1 Å². The molecule has 0 bridgehead atoms. The minimum Gasteiger partial charge on any atom is -0.489 e. The van der Waals surface area contributed by atoms with Crippen molar-refractivity contribution in [1.82, 2.24) is 20.1 Å². The summed E-state index contributed by atoms with van der Waals surface area (Å²) in [5.41, 5.74) is 0.198. The summed E-state index contributed by atoms with van der Waals surface area (Å²) in [6.45, 7) is 5.38. The second kappa shape index (κ2) is 10.2. The van der Waals surface area contributed by atoms with E-state index in [0.29, 0.717) is 49.1 Å². The van der Waals surface area contributed by atoms with E-state index in [2.05, 4.69) is 20.1 Å². The van der Waals surface area contributed by atoms with E-state index < -0.39 is 0 Å². The molecule has 29 heavy (non-hydrogen) atoms. The lowest BCUT2D eigenvalue weighted by atomic mass is 10.2. The molecular formula is C19H24ClN5O4. The minimum atomic E-state index is -0.277. The van der Waals surface area contributed by atoms with Gasteiger partial charge in [0, 0.05) is 32.4 Å². The molecule has 1 N–H and O–H groups in total. The fourth-order valence-electron chi connectivity index (χ4n) is 2.96.